The van der Waals surface area contributed by atoms with Gasteiger partial charge in [-0.15, -0.1) is 0 Å². The molecular formula is C39H36O7. The Kier molecular flexibility index (Phi) is 9.20. The van der Waals surface area contributed by atoms with E-state index in [1.165, 1.54) is 6.92 Å². The number of aryl methyl sites for hydroxylation is 1. The van der Waals surface area contributed by atoms with E-state index in [1.54, 1.807) is 0 Å². The van der Waals surface area contributed by atoms with Gasteiger partial charge < -0.3 is 23.4 Å². The molecule has 7 nitrogen and oxygen atoms in total. The first kappa shape index (κ1) is 30.7. The molecule has 0 radical (unpaired) electrons. The second kappa shape index (κ2) is 13.8. The Morgan fingerprint density at radius 1 is 0.848 bits per heavy atom. The predicted molar refractivity (Wildman–Crippen MR) is 177 cm³/mol. The minimum absolute atomic E-state index is 0.0108. The van der Waals surface area contributed by atoms with Crippen molar-refractivity contribution in [2.75, 3.05) is 0 Å². The molecule has 0 bridgehead atoms. The Balaban J connectivity index is 1.37. The van der Waals surface area contributed by atoms with E-state index in [-0.39, 0.29) is 29.2 Å². The van der Waals surface area contributed by atoms with Crippen molar-refractivity contribution in [2.24, 2.45) is 5.92 Å². The zero-order valence-corrected chi connectivity index (χ0v) is 26.1. The van der Waals surface area contributed by atoms with Crippen molar-refractivity contribution in [1.29, 1.82) is 0 Å². The van der Waals surface area contributed by atoms with Gasteiger partial charge in [0.05, 0.1) is 0 Å². The molecule has 1 unspecified atom stereocenters. The van der Waals surface area contributed by atoms with E-state index in [2.05, 4.69) is 0 Å². The molecular weight excluding hydrogens is 580 g/mol. The lowest BCUT2D eigenvalue weighted by Crippen LogP contribution is -2.32. The number of carbonyl (C=O) groups is 1. The molecule has 0 spiro atoms. The number of hydrogen-bond donors (Lipinski definition) is 0. The van der Waals surface area contributed by atoms with Crippen LogP contribution in [0.25, 0.3) is 22.3 Å². The molecule has 6 rings (SSSR count). The Hall–Kier alpha value is -5.30. The highest BCUT2D eigenvalue weighted by molar-refractivity contribution is 5.88. The van der Waals surface area contributed by atoms with Gasteiger partial charge in [-0.3, -0.25) is 9.59 Å². The quantitative estimate of drug-likeness (QED) is 0.116. The van der Waals surface area contributed by atoms with Crippen LogP contribution in [0.2, 0.25) is 0 Å². The van der Waals surface area contributed by atoms with Crippen LogP contribution < -0.4 is 19.6 Å². The zero-order chi connectivity index (χ0) is 32.0. The number of hydrogen-bond acceptors (Lipinski definition) is 7. The van der Waals surface area contributed by atoms with Gasteiger partial charge in [0.15, 0.2) is 5.76 Å². The van der Waals surface area contributed by atoms with Crippen molar-refractivity contribution >= 4 is 16.9 Å². The predicted octanol–water partition coefficient (Wildman–Crippen LogP) is 8.20. The van der Waals surface area contributed by atoms with Gasteiger partial charge in [-0.1, -0.05) is 67.6 Å². The van der Waals surface area contributed by atoms with Crippen molar-refractivity contribution in [3.05, 3.63) is 136 Å². The molecule has 5 aromatic rings. The third-order valence-electron chi connectivity index (χ3n) is 7.92. The first-order valence-corrected chi connectivity index (χ1v) is 15.4. The Labute approximate surface area is 268 Å². The van der Waals surface area contributed by atoms with E-state index >= 15 is 0 Å². The van der Waals surface area contributed by atoms with Gasteiger partial charge in [-0.25, -0.2) is 0 Å². The smallest absolute Gasteiger partial charge is 0.303 e. The summed E-state index contributed by atoms with van der Waals surface area (Å²) in [6.45, 7) is 6.05. The molecule has 234 valence electrons. The molecule has 0 aliphatic heterocycles. The van der Waals surface area contributed by atoms with Gasteiger partial charge >= 0.3 is 5.97 Å². The van der Waals surface area contributed by atoms with Crippen LogP contribution >= 0.6 is 0 Å². The Bertz CT molecular complexity index is 1890. The highest BCUT2D eigenvalue weighted by atomic mass is 16.5. The number of rotatable bonds is 10. The standard InChI is InChI=1S/C39H36O7/c1-25-20-34(43-24-29-12-8-5-9-13-29)36-35(21-25)46-38(30-14-16-31(17-15-30)42-23-28-10-6-4-7-11-28)39(37(36)41)45-32-18-19-33(26(2)22-32)44-27(3)40/h4-21,26,32-33H,22-24H2,1-3H3/t26-,32?,33-/m1/s1. The maximum absolute atomic E-state index is 14.4. The number of esters is 1. The highest BCUT2D eigenvalue weighted by Crippen LogP contribution is 2.37. The number of benzene rings is 4. The molecule has 4 aromatic carbocycles. The summed E-state index contributed by atoms with van der Waals surface area (Å²) in [6.07, 6.45) is 3.41. The summed E-state index contributed by atoms with van der Waals surface area (Å²) in [7, 11) is 0. The van der Waals surface area contributed by atoms with Crippen molar-refractivity contribution in [3.63, 3.8) is 0 Å². The van der Waals surface area contributed by atoms with Crippen molar-refractivity contribution < 1.29 is 28.2 Å². The molecule has 1 aromatic heterocycles. The highest BCUT2D eigenvalue weighted by Gasteiger charge is 2.29. The van der Waals surface area contributed by atoms with Crippen LogP contribution in [0.3, 0.4) is 0 Å². The minimum Gasteiger partial charge on any atom is -0.489 e. The van der Waals surface area contributed by atoms with Gasteiger partial charge in [-0.05, 0) is 78.6 Å². The summed E-state index contributed by atoms with van der Waals surface area (Å²) in [5, 5.41) is 0.314. The molecule has 7 heteroatoms. The Morgan fingerprint density at radius 2 is 1.50 bits per heavy atom. The average Bonchev–Trinajstić information content (AvgIpc) is 3.06. The van der Waals surface area contributed by atoms with E-state index in [9.17, 15) is 9.59 Å². The summed E-state index contributed by atoms with van der Waals surface area (Å²) in [4.78, 5) is 26.0. The Morgan fingerprint density at radius 3 is 2.13 bits per heavy atom. The van der Waals surface area contributed by atoms with E-state index in [0.29, 0.717) is 53.4 Å². The summed E-state index contributed by atoms with van der Waals surface area (Å²) in [5.41, 5.74) is 3.68. The first-order valence-electron chi connectivity index (χ1n) is 15.4. The van der Waals surface area contributed by atoms with E-state index < -0.39 is 6.10 Å². The van der Waals surface area contributed by atoms with Crippen LogP contribution in [-0.2, 0) is 22.7 Å². The van der Waals surface area contributed by atoms with Gasteiger partial charge in [0.2, 0.25) is 11.2 Å². The molecule has 3 atom stereocenters. The summed E-state index contributed by atoms with van der Waals surface area (Å²) >= 11 is 0. The van der Waals surface area contributed by atoms with Gasteiger partial charge in [-0.2, -0.15) is 0 Å². The second-order valence-corrected chi connectivity index (χ2v) is 11.6. The summed E-state index contributed by atoms with van der Waals surface area (Å²) in [5.74, 6) is 1.17. The van der Waals surface area contributed by atoms with E-state index in [4.69, 9.17) is 23.4 Å². The van der Waals surface area contributed by atoms with Gasteiger partial charge in [0.25, 0.3) is 0 Å². The zero-order valence-electron chi connectivity index (χ0n) is 26.1. The van der Waals surface area contributed by atoms with Crippen molar-refractivity contribution in [2.45, 2.75) is 52.6 Å². The maximum Gasteiger partial charge on any atom is 0.303 e. The molecule has 0 N–H and O–H groups in total. The normalized spacial score (nSPS) is 17.4. The number of carbonyl (C=O) groups excluding carboxylic acids is 1. The van der Waals surface area contributed by atoms with Crippen molar-refractivity contribution in [1.82, 2.24) is 0 Å². The number of fused-ring (bicyclic) bond motifs is 1. The fourth-order valence-electron chi connectivity index (χ4n) is 5.58. The third-order valence-corrected chi connectivity index (χ3v) is 7.92. The lowest BCUT2D eigenvalue weighted by atomic mass is 9.91. The average molecular weight is 617 g/mol. The van der Waals surface area contributed by atoms with Gasteiger partial charge in [0.1, 0.15) is 47.9 Å². The largest absolute Gasteiger partial charge is 0.489 e. The van der Waals surface area contributed by atoms with Crippen molar-refractivity contribution in [3.8, 4) is 28.6 Å². The third kappa shape index (κ3) is 7.15. The SMILES string of the molecule is CC(=O)O[C@@H]1C=CC(Oc2c(-c3ccc(OCc4ccccc4)cc3)oc3cc(C)cc(OCc4ccccc4)c3c2=O)C[C@H]1C. The molecule has 46 heavy (non-hydrogen) atoms. The maximum atomic E-state index is 14.4. The monoisotopic (exact) mass is 616 g/mol. The fourth-order valence-corrected chi connectivity index (χ4v) is 5.58. The van der Waals surface area contributed by atoms with Crippen LogP contribution in [-0.4, -0.2) is 18.2 Å². The van der Waals surface area contributed by atoms with Gasteiger partial charge in [0, 0.05) is 18.4 Å². The summed E-state index contributed by atoms with van der Waals surface area (Å²) < 4.78 is 30.6. The molecule has 0 saturated heterocycles. The lowest BCUT2D eigenvalue weighted by Gasteiger charge is -2.29. The van der Waals surface area contributed by atoms with Crippen LogP contribution in [0.15, 0.2) is 118 Å². The number of ether oxygens (including phenoxy) is 4. The molecule has 0 fully saturated rings. The molecule has 1 aliphatic carbocycles. The van der Waals surface area contributed by atoms with E-state index in [1.807, 2.05) is 123 Å². The van der Waals surface area contributed by atoms with Crippen LogP contribution in [0, 0.1) is 12.8 Å². The second-order valence-electron chi connectivity index (χ2n) is 11.6. The first-order chi connectivity index (χ1) is 22.3. The molecule has 1 aliphatic rings. The topological polar surface area (TPSA) is 84.2 Å². The van der Waals surface area contributed by atoms with Crippen LogP contribution in [0.4, 0.5) is 0 Å². The van der Waals surface area contributed by atoms with E-state index in [0.717, 1.165) is 16.7 Å². The minimum atomic E-state index is -0.437. The fraction of sp³-hybridized carbons (Fsp3) is 0.231. The molecule has 1 heterocycles. The van der Waals surface area contributed by atoms with Crippen LogP contribution in [0.1, 0.15) is 37.0 Å². The van der Waals surface area contributed by atoms with Crippen LogP contribution in [0.5, 0.6) is 17.2 Å². The molecule has 0 saturated carbocycles. The lowest BCUT2D eigenvalue weighted by molar-refractivity contribution is -0.146. The molecule has 0 amide bonds. The summed E-state index contributed by atoms with van der Waals surface area (Å²) in [6, 6.07) is 30.8.